The van der Waals surface area contributed by atoms with Crippen LogP contribution in [0.15, 0.2) is 30.3 Å². The summed E-state index contributed by atoms with van der Waals surface area (Å²) in [7, 11) is 1.90. The predicted octanol–water partition coefficient (Wildman–Crippen LogP) is 1.73. The van der Waals surface area contributed by atoms with E-state index in [-0.39, 0.29) is 18.2 Å². The Balaban J connectivity index is 1.98. The fourth-order valence-corrected chi connectivity index (χ4v) is 2.50. The van der Waals surface area contributed by atoms with Crippen molar-refractivity contribution in [3.05, 3.63) is 35.9 Å². The number of benzene rings is 1. The van der Waals surface area contributed by atoms with Crippen molar-refractivity contribution in [1.29, 1.82) is 0 Å². The molecule has 1 aliphatic carbocycles. The summed E-state index contributed by atoms with van der Waals surface area (Å²) < 4.78 is 5.52. The Morgan fingerprint density at radius 1 is 1.26 bits per heavy atom. The molecule has 1 fully saturated rings. The lowest BCUT2D eigenvalue weighted by Crippen LogP contribution is -2.30. The van der Waals surface area contributed by atoms with Gasteiger partial charge in [0.05, 0.1) is 11.7 Å². The molecule has 0 bridgehead atoms. The third-order valence-electron chi connectivity index (χ3n) is 3.62. The van der Waals surface area contributed by atoms with Gasteiger partial charge in [-0.3, -0.25) is 0 Å². The van der Waals surface area contributed by atoms with E-state index >= 15 is 0 Å². The van der Waals surface area contributed by atoms with Gasteiger partial charge < -0.3 is 15.2 Å². The summed E-state index contributed by atoms with van der Waals surface area (Å²) in [6, 6.07) is 9.27. The summed E-state index contributed by atoms with van der Waals surface area (Å²) >= 11 is 0. The molecule has 4 heteroatoms. The monoisotopic (exact) mass is 263 g/mol. The van der Waals surface area contributed by atoms with Crippen molar-refractivity contribution in [2.75, 3.05) is 7.05 Å². The number of aliphatic hydroxyl groups excluding tert-OH is 1. The Bertz CT molecular complexity index is 407. The first-order valence-corrected chi connectivity index (χ1v) is 6.80. The van der Waals surface area contributed by atoms with Gasteiger partial charge in [-0.1, -0.05) is 18.2 Å². The highest BCUT2D eigenvalue weighted by molar-refractivity contribution is 5.89. The van der Waals surface area contributed by atoms with E-state index in [1.54, 1.807) is 12.1 Å². The van der Waals surface area contributed by atoms with Crippen LogP contribution in [0.2, 0.25) is 0 Å². The highest BCUT2D eigenvalue weighted by atomic mass is 16.5. The normalized spacial score (nSPS) is 27.6. The van der Waals surface area contributed by atoms with Gasteiger partial charge >= 0.3 is 5.97 Å². The standard InChI is InChI=1S/C15H21NO3/c1-16-12-7-8-13(17)10-14(9-12)19-15(18)11-5-3-2-4-6-11/h2-6,12-14,16-17H,7-10H2,1H3/t12-,13+,14-/m1/s1. The van der Waals surface area contributed by atoms with E-state index in [9.17, 15) is 9.90 Å². The molecule has 4 nitrogen and oxygen atoms in total. The summed E-state index contributed by atoms with van der Waals surface area (Å²) in [5.74, 6) is -0.311. The maximum absolute atomic E-state index is 12.0. The molecule has 0 aromatic heterocycles. The highest BCUT2D eigenvalue weighted by Crippen LogP contribution is 2.22. The smallest absolute Gasteiger partial charge is 0.338 e. The van der Waals surface area contributed by atoms with Crippen molar-refractivity contribution in [2.24, 2.45) is 0 Å². The van der Waals surface area contributed by atoms with Gasteiger partial charge in [0.1, 0.15) is 6.10 Å². The number of rotatable bonds is 3. The van der Waals surface area contributed by atoms with Crippen LogP contribution in [-0.4, -0.2) is 36.4 Å². The molecule has 0 spiro atoms. The van der Waals surface area contributed by atoms with Crippen molar-refractivity contribution in [2.45, 2.75) is 43.9 Å². The van der Waals surface area contributed by atoms with Crippen LogP contribution in [0, 0.1) is 0 Å². The second-order valence-electron chi connectivity index (χ2n) is 5.08. The van der Waals surface area contributed by atoms with Crippen molar-refractivity contribution in [1.82, 2.24) is 5.32 Å². The second-order valence-corrected chi connectivity index (χ2v) is 5.08. The average Bonchev–Trinajstić information content (AvgIpc) is 2.61. The lowest BCUT2D eigenvalue weighted by atomic mass is 10.1. The fourth-order valence-electron chi connectivity index (χ4n) is 2.50. The molecule has 1 aromatic rings. The second kappa shape index (κ2) is 6.68. The van der Waals surface area contributed by atoms with E-state index < -0.39 is 0 Å². The first-order chi connectivity index (χ1) is 9.19. The van der Waals surface area contributed by atoms with Crippen LogP contribution in [0.1, 0.15) is 36.0 Å². The first-order valence-electron chi connectivity index (χ1n) is 6.80. The third-order valence-corrected chi connectivity index (χ3v) is 3.62. The summed E-state index contributed by atoms with van der Waals surface area (Å²) in [6.45, 7) is 0. The Morgan fingerprint density at radius 2 is 2.00 bits per heavy atom. The molecule has 0 saturated heterocycles. The number of esters is 1. The van der Waals surface area contributed by atoms with E-state index in [4.69, 9.17) is 4.74 Å². The third kappa shape index (κ3) is 4.04. The number of carbonyl (C=O) groups excluding carboxylic acids is 1. The van der Waals surface area contributed by atoms with Crippen LogP contribution in [0.25, 0.3) is 0 Å². The number of nitrogens with one attached hydrogen (secondary N) is 1. The molecule has 2 N–H and O–H groups in total. The minimum absolute atomic E-state index is 0.220. The van der Waals surface area contributed by atoms with Crippen LogP contribution >= 0.6 is 0 Å². The van der Waals surface area contributed by atoms with E-state index in [0.717, 1.165) is 19.3 Å². The van der Waals surface area contributed by atoms with Gasteiger partial charge in [-0.25, -0.2) is 4.79 Å². The van der Waals surface area contributed by atoms with Crippen molar-refractivity contribution >= 4 is 5.97 Å². The van der Waals surface area contributed by atoms with Crippen LogP contribution in [0.4, 0.5) is 0 Å². The molecule has 0 amide bonds. The number of hydrogen-bond donors (Lipinski definition) is 2. The maximum Gasteiger partial charge on any atom is 0.338 e. The Morgan fingerprint density at radius 3 is 2.68 bits per heavy atom. The van der Waals surface area contributed by atoms with Crippen LogP contribution in [0.5, 0.6) is 0 Å². The SMILES string of the molecule is CN[C@@H]1CC[C@H](O)C[C@H](OC(=O)c2ccccc2)C1. The fraction of sp³-hybridized carbons (Fsp3) is 0.533. The zero-order chi connectivity index (χ0) is 13.7. The molecule has 0 heterocycles. The lowest BCUT2D eigenvalue weighted by molar-refractivity contribution is 0.0147. The van der Waals surface area contributed by atoms with Gasteiger partial charge in [0.25, 0.3) is 0 Å². The van der Waals surface area contributed by atoms with Gasteiger partial charge in [0, 0.05) is 12.5 Å². The van der Waals surface area contributed by atoms with Crippen molar-refractivity contribution in [3.8, 4) is 0 Å². The molecule has 2 rings (SSSR count). The van der Waals surface area contributed by atoms with Gasteiger partial charge in [0.2, 0.25) is 0 Å². The molecule has 104 valence electrons. The summed E-state index contributed by atoms with van der Waals surface area (Å²) in [5, 5.41) is 13.0. The summed E-state index contributed by atoms with van der Waals surface area (Å²) in [5.41, 5.74) is 0.558. The van der Waals surface area contributed by atoms with E-state index in [1.807, 2.05) is 25.2 Å². The van der Waals surface area contributed by atoms with E-state index in [1.165, 1.54) is 0 Å². The minimum atomic E-state index is -0.382. The van der Waals surface area contributed by atoms with Crippen LogP contribution in [-0.2, 0) is 4.74 Å². The van der Waals surface area contributed by atoms with E-state index in [2.05, 4.69) is 5.32 Å². The van der Waals surface area contributed by atoms with Gasteiger partial charge in [-0.05, 0) is 38.4 Å². The Kier molecular flexibility index (Phi) is 4.93. The van der Waals surface area contributed by atoms with Gasteiger partial charge in [-0.15, -0.1) is 0 Å². The van der Waals surface area contributed by atoms with Gasteiger partial charge in [0.15, 0.2) is 0 Å². The maximum atomic E-state index is 12.0. The van der Waals surface area contributed by atoms with Crippen LogP contribution in [0.3, 0.4) is 0 Å². The molecule has 0 radical (unpaired) electrons. The van der Waals surface area contributed by atoms with Crippen molar-refractivity contribution in [3.63, 3.8) is 0 Å². The van der Waals surface area contributed by atoms with E-state index in [0.29, 0.717) is 18.0 Å². The van der Waals surface area contributed by atoms with Crippen LogP contribution < -0.4 is 5.32 Å². The highest BCUT2D eigenvalue weighted by Gasteiger charge is 2.26. The minimum Gasteiger partial charge on any atom is -0.459 e. The summed E-state index contributed by atoms with van der Waals surface area (Å²) in [4.78, 5) is 12.0. The molecular formula is C15H21NO3. The first kappa shape index (κ1) is 14.0. The lowest BCUT2D eigenvalue weighted by Gasteiger charge is -2.20. The van der Waals surface area contributed by atoms with Gasteiger partial charge in [-0.2, -0.15) is 0 Å². The number of ether oxygens (including phenoxy) is 1. The number of carbonyl (C=O) groups is 1. The summed E-state index contributed by atoms with van der Waals surface area (Å²) in [6.07, 6.45) is 2.35. The number of aliphatic hydroxyl groups is 1. The largest absolute Gasteiger partial charge is 0.459 e. The topological polar surface area (TPSA) is 58.6 Å². The number of hydrogen-bond acceptors (Lipinski definition) is 4. The zero-order valence-corrected chi connectivity index (χ0v) is 11.2. The molecule has 19 heavy (non-hydrogen) atoms. The Labute approximate surface area is 113 Å². The molecule has 3 atom stereocenters. The van der Waals surface area contributed by atoms with Crippen molar-refractivity contribution < 1.29 is 14.6 Å². The molecular weight excluding hydrogens is 242 g/mol. The predicted molar refractivity (Wildman–Crippen MR) is 73.0 cm³/mol. The zero-order valence-electron chi connectivity index (χ0n) is 11.2. The molecule has 1 saturated carbocycles. The Hall–Kier alpha value is -1.39. The molecule has 1 aliphatic rings. The molecule has 0 aliphatic heterocycles. The quantitative estimate of drug-likeness (QED) is 0.644. The molecule has 1 aromatic carbocycles. The average molecular weight is 263 g/mol. The molecule has 0 unspecified atom stereocenters.